The molecular formula is C13H15BN2O4. The van der Waals surface area contributed by atoms with Crippen LogP contribution in [0, 0.1) is 0 Å². The number of H-pyrrole nitrogens is 1. The predicted molar refractivity (Wildman–Crippen MR) is 76.1 cm³/mol. The SMILES string of the molecule is CCc1cn(Cc2ccccc2B(O)O)c(=O)[nH]c1=O. The lowest BCUT2D eigenvalue weighted by Gasteiger charge is -2.11. The number of nitrogens with zero attached hydrogens (tertiary/aromatic N) is 1. The molecule has 104 valence electrons. The number of aromatic nitrogens is 2. The topological polar surface area (TPSA) is 95.3 Å². The molecule has 0 atom stereocenters. The van der Waals surface area contributed by atoms with Crippen molar-refractivity contribution in [3.05, 3.63) is 62.4 Å². The Labute approximate surface area is 115 Å². The molecule has 2 rings (SSSR count). The average Bonchev–Trinajstić information content (AvgIpc) is 2.42. The molecule has 1 heterocycles. The quantitative estimate of drug-likeness (QED) is 0.612. The summed E-state index contributed by atoms with van der Waals surface area (Å²) in [5.74, 6) is 0. The number of aromatic amines is 1. The molecular weight excluding hydrogens is 259 g/mol. The lowest BCUT2D eigenvalue weighted by atomic mass is 9.77. The fourth-order valence-electron chi connectivity index (χ4n) is 2.04. The van der Waals surface area contributed by atoms with Gasteiger partial charge in [0.1, 0.15) is 0 Å². The zero-order chi connectivity index (χ0) is 14.7. The van der Waals surface area contributed by atoms with Crippen LogP contribution in [0.3, 0.4) is 0 Å². The third-order valence-corrected chi connectivity index (χ3v) is 3.14. The highest BCUT2D eigenvalue weighted by Crippen LogP contribution is 2.00. The molecule has 0 aliphatic heterocycles. The normalized spacial score (nSPS) is 10.6. The van der Waals surface area contributed by atoms with Gasteiger partial charge in [-0.25, -0.2) is 4.79 Å². The highest BCUT2D eigenvalue weighted by atomic mass is 16.4. The van der Waals surface area contributed by atoms with Crippen LogP contribution in [0.4, 0.5) is 0 Å². The van der Waals surface area contributed by atoms with Gasteiger partial charge in [-0.2, -0.15) is 0 Å². The minimum absolute atomic E-state index is 0.163. The number of rotatable bonds is 4. The van der Waals surface area contributed by atoms with Crippen molar-refractivity contribution >= 4 is 12.6 Å². The third kappa shape index (κ3) is 2.89. The lowest BCUT2D eigenvalue weighted by molar-refractivity contribution is 0.425. The standard InChI is InChI=1S/C13H15BN2O4/c1-2-9-7-16(13(18)15-12(9)17)8-10-5-3-4-6-11(10)14(19)20/h3-7,19-20H,2,8H2,1H3,(H,15,17,18). The molecule has 1 aromatic carbocycles. The zero-order valence-electron chi connectivity index (χ0n) is 11.0. The molecule has 1 aromatic heterocycles. The molecule has 0 radical (unpaired) electrons. The van der Waals surface area contributed by atoms with E-state index < -0.39 is 12.8 Å². The Morgan fingerprint density at radius 3 is 2.55 bits per heavy atom. The maximum atomic E-state index is 11.8. The second-order valence-corrected chi connectivity index (χ2v) is 4.47. The van der Waals surface area contributed by atoms with Crippen molar-refractivity contribution < 1.29 is 10.0 Å². The first-order chi connectivity index (χ1) is 9.52. The second kappa shape index (κ2) is 5.89. The van der Waals surface area contributed by atoms with Gasteiger partial charge in [0, 0.05) is 11.8 Å². The fourth-order valence-corrected chi connectivity index (χ4v) is 2.04. The zero-order valence-corrected chi connectivity index (χ0v) is 11.0. The molecule has 6 nitrogen and oxygen atoms in total. The van der Waals surface area contributed by atoms with E-state index in [1.165, 1.54) is 10.8 Å². The van der Waals surface area contributed by atoms with Crippen molar-refractivity contribution in [2.24, 2.45) is 0 Å². The van der Waals surface area contributed by atoms with Crippen LogP contribution in [0.15, 0.2) is 40.1 Å². The maximum Gasteiger partial charge on any atom is 0.488 e. The van der Waals surface area contributed by atoms with E-state index in [0.717, 1.165) is 0 Å². The Morgan fingerprint density at radius 2 is 1.90 bits per heavy atom. The van der Waals surface area contributed by atoms with Crippen molar-refractivity contribution in [1.29, 1.82) is 0 Å². The molecule has 0 amide bonds. The molecule has 0 unspecified atom stereocenters. The largest absolute Gasteiger partial charge is 0.488 e. The van der Waals surface area contributed by atoms with E-state index in [-0.39, 0.29) is 12.1 Å². The highest BCUT2D eigenvalue weighted by molar-refractivity contribution is 6.59. The number of nitrogens with one attached hydrogen (secondary N) is 1. The van der Waals surface area contributed by atoms with Crippen molar-refractivity contribution in [3.8, 4) is 0 Å². The van der Waals surface area contributed by atoms with Gasteiger partial charge in [-0.05, 0) is 17.4 Å². The first kappa shape index (κ1) is 14.3. The summed E-state index contributed by atoms with van der Waals surface area (Å²) in [6.45, 7) is 1.99. The maximum absolute atomic E-state index is 11.8. The smallest absolute Gasteiger partial charge is 0.423 e. The minimum Gasteiger partial charge on any atom is -0.423 e. The fraction of sp³-hybridized carbons (Fsp3) is 0.231. The van der Waals surface area contributed by atoms with Crippen LogP contribution < -0.4 is 16.7 Å². The molecule has 0 bridgehead atoms. The van der Waals surface area contributed by atoms with E-state index >= 15 is 0 Å². The molecule has 0 aliphatic carbocycles. The lowest BCUT2D eigenvalue weighted by Crippen LogP contribution is -2.36. The number of hydrogen-bond acceptors (Lipinski definition) is 4. The first-order valence-electron chi connectivity index (χ1n) is 6.29. The Kier molecular flexibility index (Phi) is 4.21. The summed E-state index contributed by atoms with van der Waals surface area (Å²) in [5.41, 5.74) is 0.549. The van der Waals surface area contributed by atoms with Gasteiger partial charge in [0.2, 0.25) is 0 Å². The van der Waals surface area contributed by atoms with Gasteiger partial charge in [-0.1, -0.05) is 31.2 Å². The van der Waals surface area contributed by atoms with Gasteiger partial charge in [-0.3, -0.25) is 14.3 Å². The summed E-state index contributed by atoms with van der Waals surface area (Å²) in [4.78, 5) is 25.5. The van der Waals surface area contributed by atoms with Crippen LogP contribution in [0.2, 0.25) is 0 Å². The van der Waals surface area contributed by atoms with Crippen LogP contribution in [-0.2, 0) is 13.0 Å². The van der Waals surface area contributed by atoms with Crippen molar-refractivity contribution in [1.82, 2.24) is 9.55 Å². The Hall–Kier alpha value is -2.12. The van der Waals surface area contributed by atoms with Crippen molar-refractivity contribution in [2.45, 2.75) is 19.9 Å². The van der Waals surface area contributed by atoms with Gasteiger partial charge in [0.15, 0.2) is 0 Å². The summed E-state index contributed by atoms with van der Waals surface area (Å²) in [6.07, 6.45) is 2.02. The molecule has 0 saturated carbocycles. The van der Waals surface area contributed by atoms with E-state index in [1.807, 2.05) is 6.92 Å². The molecule has 7 heteroatoms. The number of benzene rings is 1. The van der Waals surface area contributed by atoms with Crippen LogP contribution in [-0.4, -0.2) is 26.7 Å². The van der Waals surface area contributed by atoms with E-state index in [9.17, 15) is 19.6 Å². The molecule has 20 heavy (non-hydrogen) atoms. The highest BCUT2D eigenvalue weighted by Gasteiger charge is 2.15. The summed E-state index contributed by atoms with van der Waals surface area (Å²) >= 11 is 0. The van der Waals surface area contributed by atoms with Gasteiger partial charge >= 0.3 is 12.8 Å². The molecule has 2 aromatic rings. The molecule has 0 aliphatic rings. The molecule has 0 fully saturated rings. The second-order valence-electron chi connectivity index (χ2n) is 4.47. The Balaban J connectivity index is 2.45. The summed E-state index contributed by atoms with van der Waals surface area (Å²) in [7, 11) is -1.60. The number of hydrogen-bond donors (Lipinski definition) is 3. The van der Waals surface area contributed by atoms with Gasteiger partial charge in [0.05, 0.1) is 6.54 Å². The summed E-state index contributed by atoms with van der Waals surface area (Å²) in [5, 5.41) is 18.6. The van der Waals surface area contributed by atoms with Crippen LogP contribution >= 0.6 is 0 Å². The van der Waals surface area contributed by atoms with Crippen LogP contribution in [0.25, 0.3) is 0 Å². The molecule has 0 spiro atoms. The summed E-state index contributed by atoms with van der Waals surface area (Å²) < 4.78 is 1.35. The summed E-state index contributed by atoms with van der Waals surface area (Å²) in [6, 6.07) is 6.72. The van der Waals surface area contributed by atoms with E-state index in [4.69, 9.17) is 0 Å². The average molecular weight is 274 g/mol. The van der Waals surface area contributed by atoms with Crippen molar-refractivity contribution in [3.63, 3.8) is 0 Å². The van der Waals surface area contributed by atoms with Crippen LogP contribution in [0.1, 0.15) is 18.1 Å². The predicted octanol–water partition coefficient (Wildman–Crippen LogP) is -1.17. The van der Waals surface area contributed by atoms with E-state index in [2.05, 4.69) is 4.98 Å². The Morgan fingerprint density at radius 1 is 1.20 bits per heavy atom. The number of aryl methyl sites for hydroxylation is 1. The van der Waals surface area contributed by atoms with Gasteiger partial charge < -0.3 is 10.0 Å². The Bertz CT molecular complexity index is 721. The van der Waals surface area contributed by atoms with E-state index in [0.29, 0.717) is 23.0 Å². The van der Waals surface area contributed by atoms with E-state index in [1.54, 1.807) is 24.3 Å². The minimum atomic E-state index is -1.60. The molecule has 3 N–H and O–H groups in total. The molecule has 0 saturated heterocycles. The third-order valence-electron chi connectivity index (χ3n) is 3.14. The van der Waals surface area contributed by atoms with Gasteiger partial charge in [0.25, 0.3) is 5.56 Å². The van der Waals surface area contributed by atoms with Gasteiger partial charge in [-0.15, -0.1) is 0 Å². The first-order valence-corrected chi connectivity index (χ1v) is 6.29. The van der Waals surface area contributed by atoms with Crippen molar-refractivity contribution in [2.75, 3.05) is 0 Å². The monoisotopic (exact) mass is 274 g/mol. The van der Waals surface area contributed by atoms with Crippen LogP contribution in [0.5, 0.6) is 0 Å².